The van der Waals surface area contributed by atoms with Crippen LogP contribution in [0.1, 0.15) is 57.4 Å². The van der Waals surface area contributed by atoms with Crippen molar-refractivity contribution in [1.82, 2.24) is 29.7 Å². The third-order valence-electron chi connectivity index (χ3n) is 3.61. The van der Waals surface area contributed by atoms with Crippen molar-refractivity contribution < 1.29 is 0 Å². The summed E-state index contributed by atoms with van der Waals surface area (Å²) in [6, 6.07) is 0. The lowest BCUT2D eigenvalue weighted by Gasteiger charge is -2.04. The van der Waals surface area contributed by atoms with Gasteiger partial charge in [-0.05, 0) is 39.8 Å². The molecule has 7 heteroatoms. The molecule has 0 saturated heterocycles. The van der Waals surface area contributed by atoms with Gasteiger partial charge >= 0.3 is 0 Å². The Bertz CT molecular complexity index is 825. The Morgan fingerprint density at radius 1 is 0.964 bits per heavy atom. The van der Waals surface area contributed by atoms with Gasteiger partial charge in [0.25, 0.3) is 0 Å². The zero-order chi connectivity index (χ0) is 21.7. The first kappa shape index (κ1) is 25.3. The summed E-state index contributed by atoms with van der Waals surface area (Å²) < 4.78 is 1.83. The van der Waals surface area contributed by atoms with Crippen LogP contribution in [-0.4, -0.2) is 36.8 Å². The molecule has 0 atom stereocenters. The summed E-state index contributed by atoms with van der Waals surface area (Å²) in [5.41, 5.74) is 10.3. The zero-order valence-electron chi connectivity index (χ0n) is 18.8. The highest BCUT2D eigenvalue weighted by molar-refractivity contribution is 5.65. The van der Waals surface area contributed by atoms with Crippen LogP contribution in [0.15, 0.2) is 24.9 Å². The largest absolute Gasteiger partial charge is 0.333 e. The van der Waals surface area contributed by atoms with Crippen molar-refractivity contribution in [2.45, 2.75) is 61.8 Å². The van der Waals surface area contributed by atoms with Crippen molar-refractivity contribution in [2.75, 3.05) is 7.05 Å². The Balaban J connectivity index is 0.00000111. The second kappa shape index (κ2) is 13.5. The molecule has 2 N–H and O–H groups in total. The van der Waals surface area contributed by atoms with E-state index >= 15 is 0 Å². The molecule has 28 heavy (non-hydrogen) atoms. The molecule has 0 bridgehead atoms. The Morgan fingerprint density at radius 3 is 2.18 bits per heavy atom. The Labute approximate surface area is 169 Å². The van der Waals surface area contributed by atoms with Crippen molar-refractivity contribution in [3.05, 3.63) is 47.7 Å². The smallest absolute Gasteiger partial charge is 0.125 e. The molecule has 0 aliphatic heterocycles. The van der Waals surface area contributed by atoms with Crippen LogP contribution >= 0.6 is 0 Å². The van der Waals surface area contributed by atoms with Gasteiger partial charge in [-0.1, -0.05) is 34.6 Å². The highest BCUT2D eigenvalue weighted by Gasteiger charge is 2.15. The van der Waals surface area contributed by atoms with E-state index < -0.39 is 0 Å². The first-order valence-electron chi connectivity index (χ1n) is 9.84. The number of hydrogen-bond acceptors (Lipinski definition) is 6. The van der Waals surface area contributed by atoms with Gasteiger partial charge < -0.3 is 5.73 Å². The van der Waals surface area contributed by atoms with Crippen LogP contribution in [0, 0.1) is 20.8 Å². The lowest BCUT2D eigenvalue weighted by atomic mass is 10.1. The monoisotopic (exact) mass is 385 g/mol. The first-order chi connectivity index (χ1) is 13.6. The lowest BCUT2D eigenvalue weighted by Crippen LogP contribution is -2.00. The highest BCUT2D eigenvalue weighted by Crippen LogP contribution is 2.26. The summed E-state index contributed by atoms with van der Waals surface area (Å²) in [5, 5.41) is 4.68. The average Bonchev–Trinajstić information content (AvgIpc) is 3.18. The first-order valence-corrected chi connectivity index (χ1v) is 9.84. The van der Waals surface area contributed by atoms with E-state index in [9.17, 15) is 0 Å². The molecule has 154 valence electrons. The second-order valence-corrected chi connectivity index (χ2v) is 5.23. The van der Waals surface area contributed by atoms with Crippen LogP contribution in [0.5, 0.6) is 0 Å². The Morgan fingerprint density at radius 2 is 1.61 bits per heavy atom. The van der Waals surface area contributed by atoms with Crippen LogP contribution in [0.25, 0.3) is 16.9 Å². The molecule has 0 fully saturated rings. The number of aromatic nitrogens is 6. The van der Waals surface area contributed by atoms with Gasteiger partial charge in [0, 0.05) is 18.0 Å². The molecule has 3 aromatic heterocycles. The molecule has 0 aliphatic rings. The van der Waals surface area contributed by atoms with Gasteiger partial charge in [0.05, 0.1) is 23.3 Å². The Kier molecular flexibility index (Phi) is 12.2. The van der Waals surface area contributed by atoms with Crippen molar-refractivity contribution in [3.63, 3.8) is 0 Å². The molecule has 0 spiro atoms. The van der Waals surface area contributed by atoms with Crippen molar-refractivity contribution >= 4 is 0 Å². The van der Waals surface area contributed by atoms with Crippen molar-refractivity contribution in [1.29, 1.82) is 0 Å². The molecule has 0 amide bonds. The average molecular weight is 386 g/mol. The minimum Gasteiger partial charge on any atom is -0.333 e. The van der Waals surface area contributed by atoms with Gasteiger partial charge in [0.1, 0.15) is 17.8 Å². The van der Waals surface area contributed by atoms with Gasteiger partial charge in [0.2, 0.25) is 0 Å². The van der Waals surface area contributed by atoms with Gasteiger partial charge in [0.15, 0.2) is 0 Å². The molecular weight excluding hydrogens is 350 g/mol. The van der Waals surface area contributed by atoms with Crippen molar-refractivity contribution in [2.24, 2.45) is 5.73 Å². The maximum Gasteiger partial charge on any atom is 0.125 e. The van der Waals surface area contributed by atoms with E-state index in [1.54, 1.807) is 12.5 Å². The van der Waals surface area contributed by atoms with Crippen LogP contribution in [0.3, 0.4) is 0 Å². The molecule has 7 nitrogen and oxygen atoms in total. The maximum atomic E-state index is 4.68. The van der Waals surface area contributed by atoms with E-state index in [0.29, 0.717) is 0 Å². The number of nitrogens with zero attached hydrogens (tertiary/aromatic N) is 6. The predicted octanol–water partition coefficient (Wildman–Crippen LogP) is 4.23. The SMILES string of the molecule is CC.CC.CCc1nn(-c2cncnc2C)cc1-c1nc(C)ncc1C.CN. The number of aryl methyl sites for hydroxylation is 4. The van der Waals surface area contributed by atoms with Crippen LogP contribution in [-0.2, 0) is 6.42 Å². The summed E-state index contributed by atoms with van der Waals surface area (Å²) in [6.07, 6.45) is 8.00. The summed E-state index contributed by atoms with van der Waals surface area (Å²) in [6.45, 7) is 16.0. The van der Waals surface area contributed by atoms with E-state index in [1.165, 1.54) is 7.05 Å². The second-order valence-electron chi connectivity index (χ2n) is 5.23. The van der Waals surface area contributed by atoms with E-state index in [1.807, 2.05) is 65.5 Å². The molecule has 0 aromatic carbocycles. The summed E-state index contributed by atoms with van der Waals surface area (Å²) in [7, 11) is 1.50. The summed E-state index contributed by atoms with van der Waals surface area (Å²) >= 11 is 0. The van der Waals surface area contributed by atoms with Crippen LogP contribution < -0.4 is 5.73 Å². The molecule has 0 aliphatic carbocycles. The van der Waals surface area contributed by atoms with E-state index in [-0.39, 0.29) is 0 Å². The number of rotatable bonds is 3. The normalized spacial score (nSPS) is 9.21. The van der Waals surface area contributed by atoms with Crippen LogP contribution in [0.4, 0.5) is 0 Å². The predicted molar refractivity (Wildman–Crippen MR) is 117 cm³/mol. The third-order valence-corrected chi connectivity index (χ3v) is 3.61. The fourth-order valence-electron chi connectivity index (χ4n) is 2.40. The minimum absolute atomic E-state index is 0.759. The van der Waals surface area contributed by atoms with Crippen molar-refractivity contribution in [3.8, 4) is 16.9 Å². The molecule has 0 saturated carbocycles. The van der Waals surface area contributed by atoms with Crippen LogP contribution in [0.2, 0.25) is 0 Å². The number of hydrogen-bond donors (Lipinski definition) is 1. The molecular formula is C21H35N7. The molecule has 3 rings (SSSR count). The van der Waals surface area contributed by atoms with Gasteiger partial charge in [-0.25, -0.2) is 24.6 Å². The standard InChI is InChI=1S/C16H18N6.2C2H6.CH5N/c1-5-14-13(16-10(2)6-18-12(4)20-16)8-22(21-14)15-7-17-9-19-11(15)3;3*1-2/h6-9H,5H2,1-4H3;2*1-2H3;2H2,1H3. The van der Waals surface area contributed by atoms with Gasteiger partial charge in [-0.15, -0.1) is 0 Å². The van der Waals surface area contributed by atoms with Gasteiger partial charge in [-0.2, -0.15) is 5.10 Å². The molecule has 0 unspecified atom stereocenters. The van der Waals surface area contributed by atoms with E-state index in [0.717, 1.165) is 46.1 Å². The quantitative estimate of drug-likeness (QED) is 0.724. The summed E-state index contributed by atoms with van der Waals surface area (Å²) in [5.74, 6) is 0.759. The van der Waals surface area contributed by atoms with Gasteiger partial charge in [-0.3, -0.25) is 0 Å². The molecule has 3 heterocycles. The molecule has 0 radical (unpaired) electrons. The van der Waals surface area contributed by atoms with E-state index in [2.05, 4.69) is 37.7 Å². The maximum absolute atomic E-state index is 4.68. The fourth-order valence-corrected chi connectivity index (χ4v) is 2.40. The zero-order valence-corrected chi connectivity index (χ0v) is 18.8. The fraction of sp³-hybridized carbons (Fsp3) is 0.476. The molecule has 3 aromatic rings. The lowest BCUT2D eigenvalue weighted by molar-refractivity contribution is 0.820. The summed E-state index contributed by atoms with van der Waals surface area (Å²) in [4.78, 5) is 17.1. The van der Waals surface area contributed by atoms with E-state index in [4.69, 9.17) is 0 Å². The number of nitrogens with two attached hydrogens (primary N) is 1. The third kappa shape index (κ3) is 6.20. The highest BCUT2D eigenvalue weighted by atomic mass is 15.3. The minimum atomic E-state index is 0.759. The topological polar surface area (TPSA) is 95.4 Å². The Hall–Kier alpha value is -2.67.